The van der Waals surface area contributed by atoms with E-state index in [1.807, 2.05) is 0 Å². The molecule has 0 rings (SSSR count). The van der Waals surface area contributed by atoms with Crippen LogP contribution in [0, 0.1) is 0 Å². The van der Waals surface area contributed by atoms with Crippen LogP contribution in [0.5, 0.6) is 0 Å². The van der Waals surface area contributed by atoms with Crippen LogP contribution in [0.4, 0.5) is 4.79 Å². The van der Waals surface area contributed by atoms with Crippen molar-refractivity contribution in [3.63, 3.8) is 0 Å². The fourth-order valence-electron chi connectivity index (χ4n) is 0.865. The highest BCUT2D eigenvalue weighted by Gasteiger charge is 2.14. The molecule has 3 unspecified atom stereocenters. The molecule has 3 amide bonds. The Balaban J connectivity index is 3.93. The Bertz CT molecular complexity index is 271. The smallest absolute Gasteiger partial charge is 0.321 e. The van der Waals surface area contributed by atoms with Crippen LogP contribution in [0.2, 0.25) is 0 Å². The third-order valence-electron chi connectivity index (χ3n) is 1.46. The largest absolute Gasteiger partial charge is 0.334 e. The summed E-state index contributed by atoms with van der Waals surface area (Å²) in [7, 11) is -0.987. The first-order valence-corrected chi connectivity index (χ1v) is 6.54. The summed E-state index contributed by atoms with van der Waals surface area (Å²) in [4.78, 5) is 22.1. The molecule has 15 heavy (non-hydrogen) atoms. The zero-order chi connectivity index (χ0) is 12.0. The van der Waals surface area contributed by atoms with E-state index in [4.69, 9.17) is 11.6 Å². The molecule has 0 saturated heterocycles. The summed E-state index contributed by atoms with van der Waals surface area (Å²) in [5, 5.41) is 3.78. The Morgan fingerprint density at radius 1 is 1.40 bits per heavy atom. The Hall–Kier alpha value is -0.620. The van der Waals surface area contributed by atoms with E-state index in [9.17, 15) is 13.8 Å². The zero-order valence-electron chi connectivity index (χ0n) is 8.87. The fraction of sp³-hybridized carbons (Fsp3) is 0.750. The van der Waals surface area contributed by atoms with Crippen LogP contribution in [-0.4, -0.2) is 39.6 Å². The van der Waals surface area contributed by atoms with Gasteiger partial charge in [-0.25, -0.2) is 4.79 Å². The molecule has 0 aromatic rings. The molecule has 0 saturated carbocycles. The molecule has 0 aromatic heterocycles. The maximum absolute atomic E-state index is 11.1. The summed E-state index contributed by atoms with van der Waals surface area (Å²) in [6.45, 7) is 3.17. The standard InChI is InChI=1S/C8H15ClN2O3S/c1-5(4-15(3)14)10-8(13)11-7(12)6(2)9/h5-6H,4H2,1-3H3,(H2,10,11,12,13). The lowest BCUT2D eigenvalue weighted by atomic mass is 10.4. The minimum absolute atomic E-state index is 0.255. The highest BCUT2D eigenvalue weighted by molar-refractivity contribution is 7.84. The quantitative estimate of drug-likeness (QED) is 0.704. The SMILES string of the molecule is CC(CS(C)=O)NC(=O)NC(=O)C(C)Cl. The Morgan fingerprint density at radius 2 is 1.93 bits per heavy atom. The molecule has 0 aromatic carbocycles. The number of hydrogen-bond acceptors (Lipinski definition) is 3. The Labute approximate surface area is 96.4 Å². The third kappa shape index (κ3) is 7.33. The minimum atomic E-state index is -0.987. The number of nitrogens with one attached hydrogen (secondary N) is 2. The monoisotopic (exact) mass is 254 g/mol. The van der Waals surface area contributed by atoms with Crippen LogP contribution in [0.3, 0.4) is 0 Å². The van der Waals surface area contributed by atoms with Gasteiger partial charge in [-0.15, -0.1) is 11.6 Å². The summed E-state index contributed by atoms with van der Waals surface area (Å²) >= 11 is 5.45. The molecule has 0 aliphatic heterocycles. The Kier molecular flexibility index (Phi) is 6.51. The van der Waals surface area contributed by atoms with Gasteiger partial charge in [-0.05, 0) is 13.8 Å². The second-order valence-electron chi connectivity index (χ2n) is 3.22. The van der Waals surface area contributed by atoms with Crippen LogP contribution >= 0.6 is 11.6 Å². The van der Waals surface area contributed by atoms with Gasteiger partial charge in [-0.1, -0.05) is 0 Å². The normalized spacial score (nSPS) is 16.3. The first kappa shape index (κ1) is 14.4. The molecule has 3 atom stereocenters. The van der Waals surface area contributed by atoms with Gasteiger partial charge in [0, 0.05) is 28.9 Å². The number of carbonyl (C=O) groups is 2. The van der Waals surface area contributed by atoms with E-state index in [2.05, 4.69) is 10.6 Å². The van der Waals surface area contributed by atoms with Gasteiger partial charge < -0.3 is 5.32 Å². The van der Waals surface area contributed by atoms with Gasteiger partial charge in [-0.3, -0.25) is 14.3 Å². The highest BCUT2D eigenvalue weighted by Crippen LogP contribution is 1.92. The lowest BCUT2D eigenvalue weighted by Crippen LogP contribution is -2.46. The summed E-state index contributed by atoms with van der Waals surface area (Å²) in [6, 6.07) is -0.875. The highest BCUT2D eigenvalue weighted by atomic mass is 35.5. The van der Waals surface area contributed by atoms with Gasteiger partial charge in [0.1, 0.15) is 5.38 Å². The van der Waals surface area contributed by atoms with E-state index >= 15 is 0 Å². The van der Waals surface area contributed by atoms with E-state index in [1.165, 1.54) is 6.92 Å². The number of amides is 3. The summed E-state index contributed by atoms with van der Waals surface area (Å²) in [5.74, 6) is -0.211. The van der Waals surface area contributed by atoms with Crippen molar-refractivity contribution in [3.8, 4) is 0 Å². The summed E-state index contributed by atoms with van der Waals surface area (Å²) in [6.07, 6.45) is 1.54. The molecule has 88 valence electrons. The number of halogens is 1. The fourth-order valence-corrected chi connectivity index (χ4v) is 1.71. The van der Waals surface area contributed by atoms with E-state index < -0.39 is 28.1 Å². The molecule has 0 bridgehead atoms. The number of carbonyl (C=O) groups excluding carboxylic acids is 2. The van der Waals surface area contributed by atoms with Crippen molar-refractivity contribution < 1.29 is 13.8 Å². The van der Waals surface area contributed by atoms with Gasteiger partial charge in [0.25, 0.3) is 0 Å². The molecule has 5 nitrogen and oxygen atoms in total. The van der Waals surface area contributed by atoms with E-state index in [1.54, 1.807) is 13.2 Å². The van der Waals surface area contributed by atoms with Gasteiger partial charge >= 0.3 is 6.03 Å². The second-order valence-corrected chi connectivity index (χ2v) is 5.35. The van der Waals surface area contributed by atoms with E-state index in [-0.39, 0.29) is 6.04 Å². The molecule has 0 heterocycles. The molecule has 7 heteroatoms. The predicted octanol–water partition coefficient (Wildman–Crippen LogP) is 0.206. The summed E-state index contributed by atoms with van der Waals surface area (Å²) < 4.78 is 10.8. The molecule has 2 N–H and O–H groups in total. The number of imide groups is 1. The van der Waals surface area contributed by atoms with Crippen molar-refractivity contribution in [2.45, 2.75) is 25.3 Å². The predicted molar refractivity (Wildman–Crippen MR) is 60.4 cm³/mol. The molecule has 0 aliphatic carbocycles. The van der Waals surface area contributed by atoms with Crippen molar-refractivity contribution in [1.29, 1.82) is 0 Å². The molecule has 0 spiro atoms. The first-order chi connectivity index (χ1) is 6.82. The van der Waals surface area contributed by atoms with Crippen LogP contribution in [-0.2, 0) is 15.6 Å². The lowest BCUT2D eigenvalue weighted by molar-refractivity contribution is -0.119. The van der Waals surface area contributed by atoms with Gasteiger partial charge in [0.05, 0.1) is 0 Å². The molecule has 0 aliphatic rings. The van der Waals surface area contributed by atoms with E-state index in [0.717, 1.165) is 0 Å². The van der Waals surface area contributed by atoms with E-state index in [0.29, 0.717) is 5.75 Å². The van der Waals surface area contributed by atoms with Crippen LogP contribution in [0.15, 0.2) is 0 Å². The molecular weight excluding hydrogens is 240 g/mol. The zero-order valence-corrected chi connectivity index (χ0v) is 10.4. The van der Waals surface area contributed by atoms with Crippen molar-refractivity contribution >= 4 is 34.3 Å². The third-order valence-corrected chi connectivity index (χ3v) is 2.63. The number of urea groups is 1. The number of rotatable bonds is 4. The van der Waals surface area contributed by atoms with Gasteiger partial charge in [0.15, 0.2) is 0 Å². The minimum Gasteiger partial charge on any atom is -0.334 e. The lowest BCUT2D eigenvalue weighted by Gasteiger charge is -2.13. The van der Waals surface area contributed by atoms with Gasteiger partial charge in [0.2, 0.25) is 5.91 Å². The second kappa shape index (κ2) is 6.79. The average Bonchev–Trinajstić information content (AvgIpc) is 2.00. The van der Waals surface area contributed by atoms with Crippen molar-refractivity contribution in [2.75, 3.05) is 12.0 Å². The number of alkyl halides is 1. The molecule has 0 radical (unpaired) electrons. The molecule has 0 fully saturated rings. The molecular formula is C8H15ClN2O3S. The topological polar surface area (TPSA) is 75.3 Å². The van der Waals surface area contributed by atoms with Crippen LogP contribution in [0.1, 0.15) is 13.8 Å². The van der Waals surface area contributed by atoms with Crippen molar-refractivity contribution in [1.82, 2.24) is 10.6 Å². The van der Waals surface area contributed by atoms with Crippen LogP contribution in [0.25, 0.3) is 0 Å². The van der Waals surface area contributed by atoms with Crippen LogP contribution < -0.4 is 10.6 Å². The maximum Gasteiger partial charge on any atom is 0.321 e. The van der Waals surface area contributed by atoms with Crippen molar-refractivity contribution in [3.05, 3.63) is 0 Å². The summed E-state index contributed by atoms with van der Waals surface area (Å²) in [5.41, 5.74) is 0. The van der Waals surface area contributed by atoms with Crippen molar-refractivity contribution in [2.24, 2.45) is 0 Å². The first-order valence-electron chi connectivity index (χ1n) is 4.38. The average molecular weight is 255 g/mol. The maximum atomic E-state index is 11.1. The van der Waals surface area contributed by atoms with Gasteiger partial charge in [-0.2, -0.15) is 0 Å². The Morgan fingerprint density at radius 3 is 2.33 bits per heavy atom. The number of hydrogen-bond donors (Lipinski definition) is 2.